The molecule has 0 fully saturated rings. The van der Waals surface area contributed by atoms with E-state index in [1.807, 2.05) is 0 Å². The monoisotopic (exact) mass is 425 g/mol. The van der Waals surface area contributed by atoms with E-state index in [0.29, 0.717) is 6.92 Å². The van der Waals surface area contributed by atoms with E-state index >= 15 is 0 Å². The second-order valence-corrected chi connectivity index (χ2v) is 7.76. The molecule has 28 heavy (non-hydrogen) atoms. The molecule has 1 heterocycles. The molecule has 154 valence electrons. The average Bonchev–Trinajstić information content (AvgIpc) is 2.97. The Labute approximate surface area is 157 Å². The maximum Gasteiger partial charge on any atom is 0.404 e. The number of halogens is 5. The lowest BCUT2D eigenvalue weighted by atomic mass is 10.2. The van der Waals surface area contributed by atoms with E-state index in [-0.39, 0.29) is 16.9 Å². The maximum atomic E-state index is 14.0. The smallest absolute Gasteiger partial charge is 0.345 e. The van der Waals surface area contributed by atoms with Gasteiger partial charge in [-0.1, -0.05) is 0 Å². The number of aromatic nitrogens is 1. The lowest BCUT2D eigenvalue weighted by molar-refractivity contribution is -0.147. The Kier molecular flexibility index (Phi) is 5.85. The van der Waals surface area contributed by atoms with Crippen molar-refractivity contribution in [2.75, 3.05) is 5.32 Å². The number of amides is 1. The van der Waals surface area contributed by atoms with E-state index in [4.69, 9.17) is 0 Å². The van der Waals surface area contributed by atoms with Gasteiger partial charge in [0, 0.05) is 18.8 Å². The molecule has 0 unspecified atom stereocenters. The van der Waals surface area contributed by atoms with Crippen molar-refractivity contribution in [3.8, 4) is 0 Å². The molecule has 12 heteroatoms. The van der Waals surface area contributed by atoms with E-state index < -0.39 is 44.7 Å². The molecule has 0 saturated carbocycles. The quantitative estimate of drug-likeness (QED) is 0.723. The molecule has 1 aromatic heterocycles. The molecular weight excluding hydrogens is 409 g/mol. The van der Waals surface area contributed by atoms with Crippen LogP contribution < -0.4 is 10.0 Å². The van der Waals surface area contributed by atoms with Crippen molar-refractivity contribution in [2.24, 2.45) is 7.05 Å². The second-order valence-electron chi connectivity index (χ2n) is 6.04. The first kappa shape index (κ1) is 21.8. The highest BCUT2D eigenvalue weighted by atomic mass is 32.2. The lowest BCUT2D eigenvalue weighted by Gasteiger charge is -2.16. The minimum Gasteiger partial charge on any atom is -0.345 e. The number of carbonyl (C=O) groups is 1. The summed E-state index contributed by atoms with van der Waals surface area (Å²) in [5, 5.41) is 2.17. The zero-order valence-electron chi connectivity index (χ0n) is 14.9. The van der Waals surface area contributed by atoms with Crippen LogP contribution in [0.2, 0.25) is 0 Å². The fourth-order valence-corrected chi connectivity index (χ4v) is 3.52. The van der Waals surface area contributed by atoms with Gasteiger partial charge >= 0.3 is 6.18 Å². The highest BCUT2D eigenvalue weighted by molar-refractivity contribution is 7.89. The SMILES string of the molecule is Cc1c(F)ccc(NC(=O)c2cc(S(=O)(=O)N[C@@H](C)C(F)(F)F)cn2C)c1F. The molecule has 0 aliphatic rings. The van der Waals surface area contributed by atoms with Crippen molar-refractivity contribution in [1.29, 1.82) is 0 Å². The lowest BCUT2D eigenvalue weighted by Crippen LogP contribution is -2.42. The van der Waals surface area contributed by atoms with Crippen molar-refractivity contribution < 1.29 is 35.2 Å². The summed E-state index contributed by atoms with van der Waals surface area (Å²) in [6.45, 7) is 1.80. The predicted molar refractivity (Wildman–Crippen MR) is 90.3 cm³/mol. The van der Waals surface area contributed by atoms with Gasteiger partial charge in [0.2, 0.25) is 10.0 Å². The molecule has 0 bridgehead atoms. The molecule has 1 atom stereocenters. The van der Waals surface area contributed by atoms with E-state index in [1.165, 1.54) is 18.7 Å². The number of aryl methyl sites for hydroxylation is 1. The predicted octanol–water partition coefficient (Wildman–Crippen LogP) is 3.09. The molecule has 0 aliphatic heterocycles. The minimum absolute atomic E-state index is 0.263. The Morgan fingerprint density at radius 1 is 1.21 bits per heavy atom. The summed E-state index contributed by atoms with van der Waals surface area (Å²) in [7, 11) is -3.28. The first-order valence-electron chi connectivity index (χ1n) is 7.75. The Hall–Kier alpha value is -2.47. The third-order valence-electron chi connectivity index (χ3n) is 3.91. The van der Waals surface area contributed by atoms with Gasteiger partial charge in [-0.25, -0.2) is 17.2 Å². The summed E-state index contributed by atoms with van der Waals surface area (Å²) in [5.41, 5.74) is -0.918. The molecular formula is C16H16F5N3O3S. The highest BCUT2D eigenvalue weighted by Crippen LogP contribution is 2.24. The Morgan fingerprint density at radius 2 is 1.82 bits per heavy atom. The largest absolute Gasteiger partial charge is 0.404 e. The number of benzene rings is 1. The zero-order valence-corrected chi connectivity index (χ0v) is 15.7. The number of hydrogen-bond donors (Lipinski definition) is 2. The zero-order chi connectivity index (χ0) is 21.4. The number of carbonyl (C=O) groups excluding carboxylic acids is 1. The van der Waals surface area contributed by atoms with Crippen LogP contribution in [0.25, 0.3) is 0 Å². The number of sulfonamides is 1. The fraction of sp³-hybridized carbons (Fsp3) is 0.312. The van der Waals surface area contributed by atoms with Gasteiger partial charge < -0.3 is 9.88 Å². The number of hydrogen-bond acceptors (Lipinski definition) is 3. The van der Waals surface area contributed by atoms with E-state index in [2.05, 4.69) is 5.32 Å². The molecule has 1 amide bonds. The molecule has 0 spiro atoms. The Balaban J connectivity index is 2.29. The number of nitrogens with zero attached hydrogens (tertiary/aromatic N) is 1. The minimum atomic E-state index is -4.79. The molecule has 2 aromatic rings. The van der Waals surface area contributed by atoms with Crippen molar-refractivity contribution in [2.45, 2.75) is 31.0 Å². The Morgan fingerprint density at radius 3 is 2.39 bits per heavy atom. The van der Waals surface area contributed by atoms with Gasteiger partial charge in [-0.3, -0.25) is 4.79 Å². The van der Waals surface area contributed by atoms with Crippen LogP contribution in [-0.2, 0) is 17.1 Å². The van der Waals surface area contributed by atoms with Crippen molar-refractivity contribution in [3.05, 3.63) is 47.3 Å². The van der Waals surface area contributed by atoms with Crippen molar-refractivity contribution in [3.63, 3.8) is 0 Å². The third kappa shape index (κ3) is 4.50. The van der Waals surface area contributed by atoms with E-state index in [0.717, 1.165) is 29.0 Å². The van der Waals surface area contributed by atoms with Gasteiger partial charge in [0.25, 0.3) is 5.91 Å². The number of anilines is 1. The van der Waals surface area contributed by atoms with Gasteiger partial charge in [-0.05, 0) is 32.0 Å². The van der Waals surface area contributed by atoms with Gasteiger partial charge in [0.05, 0.1) is 5.69 Å². The Bertz CT molecular complexity index is 1020. The van der Waals surface area contributed by atoms with Crippen LogP contribution in [-0.4, -0.2) is 31.1 Å². The number of nitrogens with one attached hydrogen (secondary N) is 2. The summed E-state index contributed by atoms with van der Waals surface area (Å²) < 4.78 is 91.8. The van der Waals surface area contributed by atoms with Crippen LogP contribution >= 0.6 is 0 Å². The highest BCUT2D eigenvalue weighted by Gasteiger charge is 2.39. The van der Waals surface area contributed by atoms with E-state index in [9.17, 15) is 35.2 Å². The van der Waals surface area contributed by atoms with Gasteiger partial charge in [-0.15, -0.1) is 0 Å². The summed E-state index contributed by atoms with van der Waals surface area (Å²) in [6, 6.07) is 0.432. The van der Waals surface area contributed by atoms with Crippen LogP contribution in [0.15, 0.2) is 29.3 Å². The molecule has 6 nitrogen and oxygen atoms in total. The van der Waals surface area contributed by atoms with Crippen molar-refractivity contribution in [1.82, 2.24) is 9.29 Å². The summed E-state index contributed by atoms with van der Waals surface area (Å²) in [4.78, 5) is 11.7. The molecule has 2 rings (SSSR count). The maximum absolute atomic E-state index is 14.0. The summed E-state index contributed by atoms with van der Waals surface area (Å²) in [6.07, 6.45) is -3.85. The molecule has 0 saturated heterocycles. The van der Waals surface area contributed by atoms with Crippen molar-refractivity contribution >= 4 is 21.6 Å². The molecule has 2 N–H and O–H groups in total. The fourth-order valence-electron chi connectivity index (χ4n) is 2.22. The van der Waals surface area contributed by atoms with Gasteiger partial charge in [0.1, 0.15) is 22.4 Å². The topological polar surface area (TPSA) is 80.2 Å². The molecule has 0 radical (unpaired) electrons. The third-order valence-corrected chi connectivity index (χ3v) is 5.42. The standard InChI is InChI=1S/C16H16F5N3O3S/c1-8-11(17)4-5-12(14(8)18)22-15(25)13-6-10(7-24(13)3)28(26,27)23-9(2)16(19,20)21/h4-7,9,23H,1-3H3,(H,22,25)/t9-/m0/s1. The second kappa shape index (κ2) is 7.51. The molecule has 1 aromatic carbocycles. The average molecular weight is 425 g/mol. The first-order chi connectivity index (χ1) is 12.7. The van der Waals surface area contributed by atoms with Crippen LogP contribution in [0, 0.1) is 18.6 Å². The van der Waals surface area contributed by atoms with E-state index in [1.54, 1.807) is 0 Å². The van der Waals surface area contributed by atoms with Crippen LogP contribution in [0.5, 0.6) is 0 Å². The van der Waals surface area contributed by atoms with Crippen LogP contribution in [0.1, 0.15) is 23.0 Å². The van der Waals surface area contributed by atoms with Gasteiger partial charge in [-0.2, -0.15) is 17.9 Å². The summed E-state index contributed by atoms with van der Waals surface area (Å²) in [5.74, 6) is -2.75. The first-order valence-corrected chi connectivity index (χ1v) is 9.23. The van der Waals surface area contributed by atoms with Crippen LogP contribution in [0.4, 0.5) is 27.6 Å². The normalized spacial score (nSPS) is 13.4. The summed E-state index contributed by atoms with van der Waals surface area (Å²) >= 11 is 0. The number of alkyl halides is 3. The number of rotatable bonds is 5. The molecule has 0 aliphatic carbocycles. The van der Waals surface area contributed by atoms with Gasteiger partial charge in [0.15, 0.2) is 5.82 Å². The van der Waals surface area contributed by atoms with Crippen LogP contribution in [0.3, 0.4) is 0 Å².